The van der Waals surface area contributed by atoms with E-state index in [-0.39, 0.29) is 0 Å². The number of carboxylic acid groups (broad SMARTS) is 1. The van der Waals surface area contributed by atoms with E-state index in [2.05, 4.69) is 6.58 Å². The Bertz CT molecular complexity index is 396. The molecule has 1 aromatic rings. The van der Waals surface area contributed by atoms with Crippen molar-refractivity contribution < 1.29 is 14.6 Å². The van der Waals surface area contributed by atoms with Gasteiger partial charge in [0.1, 0.15) is 12.4 Å². The van der Waals surface area contributed by atoms with Crippen molar-refractivity contribution in [2.75, 3.05) is 6.61 Å². The molecular weight excluding hydrogens is 216 g/mol. The van der Waals surface area contributed by atoms with Gasteiger partial charge in [-0.2, -0.15) is 0 Å². The first-order chi connectivity index (χ1) is 8.13. The molecule has 17 heavy (non-hydrogen) atoms. The molecule has 3 nitrogen and oxygen atoms in total. The standard InChI is InChI=1S/C14H18O3/c1-4-7-17-13-10(5-2)8-12(14(15)16)9-11(13)6-3/h4,8-9H,1,5-7H2,2-3H3,(H,15,16). The molecular formula is C14H18O3. The van der Waals surface area contributed by atoms with Crippen molar-refractivity contribution >= 4 is 5.97 Å². The van der Waals surface area contributed by atoms with E-state index in [0.717, 1.165) is 29.7 Å². The number of rotatable bonds is 6. The van der Waals surface area contributed by atoms with Gasteiger partial charge in [0.2, 0.25) is 0 Å². The van der Waals surface area contributed by atoms with Crippen LogP contribution in [0.3, 0.4) is 0 Å². The average Bonchev–Trinajstić information content (AvgIpc) is 2.34. The van der Waals surface area contributed by atoms with E-state index in [1.165, 1.54) is 0 Å². The maximum atomic E-state index is 11.0. The van der Waals surface area contributed by atoms with Gasteiger partial charge in [0.05, 0.1) is 5.56 Å². The van der Waals surface area contributed by atoms with Crippen molar-refractivity contribution in [2.45, 2.75) is 26.7 Å². The molecule has 1 rings (SSSR count). The van der Waals surface area contributed by atoms with Gasteiger partial charge in [0.15, 0.2) is 0 Å². The summed E-state index contributed by atoms with van der Waals surface area (Å²) in [6.45, 7) is 8.02. The predicted molar refractivity (Wildman–Crippen MR) is 67.8 cm³/mol. The van der Waals surface area contributed by atoms with Crippen molar-refractivity contribution in [1.82, 2.24) is 0 Å². The first-order valence-corrected chi connectivity index (χ1v) is 5.76. The third kappa shape index (κ3) is 3.09. The Morgan fingerprint density at radius 1 is 1.35 bits per heavy atom. The molecule has 0 fully saturated rings. The van der Waals surface area contributed by atoms with Crippen LogP contribution in [0.1, 0.15) is 35.3 Å². The van der Waals surface area contributed by atoms with Crippen LogP contribution < -0.4 is 4.74 Å². The minimum atomic E-state index is -0.898. The molecule has 0 heterocycles. The topological polar surface area (TPSA) is 46.5 Å². The molecule has 3 heteroatoms. The number of hydrogen-bond acceptors (Lipinski definition) is 2. The molecule has 0 atom stereocenters. The Labute approximate surface area is 102 Å². The molecule has 1 N–H and O–H groups in total. The molecule has 92 valence electrons. The van der Waals surface area contributed by atoms with Gasteiger partial charge in [-0.1, -0.05) is 26.5 Å². The largest absolute Gasteiger partial charge is 0.489 e. The molecule has 0 aliphatic rings. The molecule has 0 spiro atoms. The smallest absolute Gasteiger partial charge is 0.335 e. The van der Waals surface area contributed by atoms with E-state index in [1.54, 1.807) is 18.2 Å². The Morgan fingerprint density at radius 2 is 1.88 bits per heavy atom. The van der Waals surface area contributed by atoms with Crippen LogP contribution in [-0.4, -0.2) is 17.7 Å². The van der Waals surface area contributed by atoms with Crippen LogP contribution in [0.5, 0.6) is 5.75 Å². The molecule has 0 radical (unpaired) electrons. The first kappa shape index (κ1) is 13.3. The molecule has 0 bridgehead atoms. The summed E-state index contributed by atoms with van der Waals surface area (Å²) in [6.07, 6.45) is 3.19. The van der Waals surface area contributed by atoms with E-state index in [9.17, 15) is 4.79 Å². The Balaban J connectivity index is 3.25. The third-order valence-electron chi connectivity index (χ3n) is 2.60. The normalized spacial score (nSPS) is 10.0. The van der Waals surface area contributed by atoms with E-state index in [1.807, 2.05) is 13.8 Å². The number of aromatic carboxylic acids is 1. The summed E-state index contributed by atoms with van der Waals surface area (Å²) in [6, 6.07) is 3.36. The Hall–Kier alpha value is -1.77. The molecule has 0 unspecified atom stereocenters. The maximum absolute atomic E-state index is 11.0. The first-order valence-electron chi connectivity index (χ1n) is 5.76. The fourth-order valence-corrected chi connectivity index (χ4v) is 1.73. The number of benzene rings is 1. The molecule has 1 aromatic carbocycles. The minimum absolute atomic E-state index is 0.324. The zero-order valence-electron chi connectivity index (χ0n) is 10.3. The van der Waals surface area contributed by atoms with Gasteiger partial charge in [-0.25, -0.2) is 4.79 Å². The van der Waals surface area contributed by atoms with Gasteiger partial charge < -0.3 is 9.84 Å². The number of ether oxygens (including phenoxy) is 1. The van der Waals surface area contributed by atoms with Gasteiger partial charge in [-0.05, 0) is 36.1 Å². The molecule has 0 aliphatic heterocycles. The van der Waals surface area contributed by atoms with E-state index >= 15 is 0 Å². The monoisotopic (exact) mass is 234 g/mol. The van der Waals surface area contributed by atoms with Crippen LogP contribution in [-0.2, 0) is 12.8 Å². The predicted octanol–water partition coefficient (Wildman–Crippen LogP) is 3.07. The van der Waals surface area contributed by atoms with Crippen molar-refractivity contribution in [3.05, 3.63) is 41.5 Å². The van der Waals surface area contributed by atoms with Crippen molar-refractivity contribution in [1.29, 1.82) is 0 Å². The highest BCUT2D eigenvalue weighted by Gasteiger charge is 2.13. The summed E-state index contributed by atoms with van der Waals surface area (Å²) in [5.74, 6) is -0.0930. The number of aryl methyl sites for hydroxylation is 2. The van der Waals surface area contributed by atoms with Crippen molar-refractivity contribution in [3.8, 4) is 5.75 Å². The summed E-state index contributed by atoms with van der Waals surface area (Å²) in [5.41, 5.74) is 2.19. The third-order valence-corrected chi connectivity index (χ3v) is 2.60. The van der Waals surface area contributed by atoms with Crippen LogP contribution in [0.25, 0.3) is 0 Å². The summed E-state index contributed by atoms with van der Waals surface area (Å²) in [4.78, 5) is 11.0. The highest BCUT2D eigenvalue weighted by atomic mass is 16.5. The lowest BCUT2D eigenvalue weighted by atomic mass is 10.0. The molecule has 0 aliphatic carbocycles. The van der Waals surface area contributed by atoms with Crippen LogP contribution in [0.4, 0.5) is 0 Å². The number of carboxylic acids is 1. The molecule has 0 aromatic heterocycles. The summed E-state index contributed by atoms with van der Waals surface area (Å²) < 4.78 is 5.62. The lowest BCUT2D eigenvalue weighted by Crippen LogP contribution is -2.05. The second-order valence-corrected chi connectivity index (χ2v) is 3.74. The Kier molecular flexibility index (Phi) is 4.76. The number of hydrogen-bond donors (Lipinski definition) is 1. The van der Waals surface area contributed by atoms with E-state index in [4.69, 9.17) is 9.84 Å². The fourth-order valence-electron chi connectivity index (χ4n) is 1.73. The highest BCUT2D eigenvalue weighted by Crippen LogP contribution is 2.27. The second kappa shape index (κ2) is 6.09. The SMILES string of the molecule is C=CCOc1c(CC)cc(C(=O)O)cc1CC. The van der Waals surface area contributed by atoms with E-state index in [0.29, 0.717) is 12.2 Å². The maximum Gasteiger partial charge on any atom is 0.335 e. The highest BCUT2D eigenvalue weighted by molar-refractivity contribution is 5.88. The van der Waals surface area contributed by atoms with Crippen LogP contribution >= 0.6 is 0 Å². The molecule has 0 saturated heterocycles. The minimum Gasteiger partial charge on any atom is -0.489 e. The van der Waals surface area contributed by atoms with Crippen LogP contribution in [0.2, 0.25) is 0 Å². The van der Waals surface area contributed by atoms with Gasteiger partial charge >= 0.3 is 5.97 Å². The quantitative estimate of drug-likeness (QED) is 0.769. The summed E-state index contributed by atoms with van der Waals surface area (Å²) in [5, 5.41) is 9.03. The van der Waals surface area contributed by atoms with Crippen molar-refractivity contribution in [3.63, 3.8) is 0 Å². The molecule has 0 amide bonds. The van der Waals surface area contributed by atoms with Gasteiger partial charge in [0, 0.05) is 0 Å². The van der Waals surface area contributed by atoms with Gasteiger partial charge in [-0.15, -0.1) is 0 Å². The fraction of sp³-hybridized carbons (Fsp3) is 0.357. The lowest BCUT2D eigenvalue weighted by molar-refractivity contribution is 0.0696. The average molecular weight is 234 g/mol. The summed E-state index contributed by atoms with van der Waals surface area (Å²) >= 11 is 0. The van der Waals surface area contributed by atoms with Crippen LogP contribution in [0, 0.1) is 0 Å². The van der Waals surface area contributed by atoms with E-state index < -0.39 is 5.97 Å². The van der Waals surface area contributed by atoms with Gasteiger partial charge in [0.25, 0.3) is 0 Å². The number of carbonyl (C=O) groups is 1. The zero-order chi connectivity index (χ0) is 12.8. The van der Waals surface area contributed by atoms with Crippen molar-refractivity contribution in [2.24, 2.45) is 0 Å². The molecule has 0 saturated carbocycles. The second-order valence-electron chi connectivity index (χ2n) is 3.74. The Morgan fingerprint density at radius 3 is 2.24 bits per heavy atom. The van der Waals surface area contributed by atoms with Crippen LogP contribution in [0.15, 0.2) is 24.8 Å². The summed E-state index contributed by atoms with van der Waals surface area (Å²) in [7, 11) is 0. The lowest BCUT2D eigenvalue weighted by Gasteiger charge is -2.14. The zero-order valence-corrected chi connectivity index (χ0v) is 10.3. The van der Waals surface area contributed by atoms with Gasteiger partial charge in [-0.3, -0.25) is 0 Å².